The largest absolute Gasteiger partial charge is 0.489 e. The number of rotatable bonds is 5. The summed E-state index contributed by atoms with van der Waals surface area (Å²) in [6, 6.07) is 4.71. The fourth-order valence-corrected chi connectivity index (χ4v) is 4.43. The average Bonchev–Trinajstić information content (AvgIpc) is 2.66. The topological polar surface area (TPSA) is 87.1 Å². The van der Waals surface area contributed by atoms with Crippen molar-refractivity contribution in [3.05, 3.63) is 23.8 Å². The molecule has 26 heavy (non-hydrogen) atoms. The highest BCUT2D eigenvalue weighted by Gasteiger charge is 2.39. The van der Waals surface area contributed by atoms with Crippen LogP contribution in [0.1, 0.15) is 49.4 Å². The van der Waals surface area contributed by atoms with Crippen molar-refractivity contribution in [3.8, 4) is 5.75 Å². The molecule has 3 rings (SSSR count). The predicted octanol–water partition coefficient (Wildman–Crippen LogP) is 0.985. The number of ether oxygens (including phenoxy) is 1. The molecule has 1 aliphatic heterocycles. The number of carbonyl (C=O) groups is 2. The summed E-state index contributed by atoms with van der Waals surface area (Å²) < 4.78 is 5.59. The second-order valence-corrected chi connectivity index (χ2v) is 7.44. The maximum Gasteiger partial charge on any atom is 0.489 e. The number of fused-ring (bicyclic) bond motifs is 1. The van der Waals surface area contributed by atoms with Crippen LogP contribution in [-0.2, 0) is 4.79 Å². The number of hydrogen-bond acceptors (Lipinski definition) is 5. The first-order valence-corrected chi connectivity index (χ1v) is 9.38. The molecule has 3 unspecified atom stereocenters. The zero-order valence-electron chi connectivity index (χ0n) is 15.1. The summed E-state index contributed by atoms with van der Waals surface area (Å²) in [5.41, 5.74) is 0.262. The van der Waals surface area contributed by atoms with Crippen LogP contribution in [-0.4, -0.2) is 53.5 Å². The lowest BCUT2D eigenvalue weighted by molar-refractivity contribution is -0.141. The molecule has 1 aliphatic carbocycles. The molecule has 0 bridgehead atoms. The molecule has 3 atom stereocenters. The van der Waals surface area contributed by atoms with E-state index in [1.165, 1.54) is 37.5 Å². The van der Waals surface area contributed by atoms with Crippen LogP contribution in [0.3, 0.4) is 0 Å². The molecule has 6 nitrogen and oxygen atoms in total. The minimum absolute atomic E-state index is 0.0206. The Balaban J connectivity index is 1.64. The van der Waals surface area contributed by atoms with E-state index in [0.29, 0.717) is 29.9 Å². The van der Waals surface area contributed by atoms with Gasteiger partial charge in [0.15, 0.2) is 6.61 Å². The zero-order chi connectivity index (χ0) is 18.7. The number of amides is 1. The molecule has 1 amide bonds. The normalized spacial score (nSPS) is 25.3. The molecule has 0 aromatic heterocycles. The first-order valence-electron chi connectivity index (χ1n) is 9.38. The fraction of sp³-hybridized carbons (Fsp3) is 0.579. The Morgan fingerprint density at radius 1 is 1.31 bits per heavy atom. The molecule has 1 saturated heterocycles. The van der Waals surface area contributed by atoms with Crippen molar-refractivity contribution in [1.82, 2.24) is 4.90 Å². The summed E-state index contributed by atoms with van der Waals surface area (Å²) in [7, 11) is -1.72. The van der Waals surface area contributed by atoms with Gasteiger partial charge >= 0.3 is 7.12 Å². The van der Waals surface area contributed by atoms with Crippen molar-refractivity contribution in [1.29, 1.82) is 0 Å². The van der Waals surface area contributed by atoms with Crippen molar-refractivity contribution < 1.29 is 24.4 Å². The third-order valence-electron chi connectivity index (χ3n) is 5.88. The molecule has 0 spiro atoms. The van der Waals surface area contributed by atoms with E-state index in [1.54, 1.807) is 0 Å². The number of aldehydes is 1. The third kappa shape index (κ3) is 3.94. The average molecular weight is 359 g/mol. The molecule has 2 aliphatic rings. The number of hydrogen-bond donors (Lipinski definition) is 2. The highest BCUT2D eigenvalue weighted by molar-refractivity contribution is 6.60. The van der Waals surface area contributed by atoms with Gasteiger partial charge in [-0.1, -0.05) is 25.8 Å². The second kappa shape index (κ2) is 8.23. The van der Waals surface area contributed by atoms with Crippen LogP contribution in [0.25, 0.3) is 0 Å². The van der Waals surface area contributed by atoms with Gasteiger partial charge in [0.1, 0.15) is 12.0 Å². The van der Waals surface area contributed by atoms with E-state index >= 15 is 0 Å². The van der Waals surface area contributed by atoms with Crippen LogP contribution in [0, 0.1) is 11.8 Å². The van der Waals surface area contributed by atoms with Gasteiger partial charge in [-0.25, -0.2) is 0 Å². The van der Waals surface area contributed by atoms with Crippen molar-refractivity contribution in [2.75, 3.05) is 13.2 Å². The number of piperidine rings is 1. The van der Waals surface area contributed by atoms with Crippen molar-refractivity contribution in [2.45, 2.75) is 45.1 Å². The second-order valence-electron chi connectivity index (χ2n) is 7.44. The molecule has 1 heterocycles. The highest BCUT2D eigenvalue weighted by Crippen LogP contribution is 2.38. The molecular formula is C19H26BNO5. The van der Waals surface area contributed by atoms with Crippen molar-refractivity contribution in [2.24, 2.45) is 11.8 Å². The Labute approximate surface area is 154 Å². The van der Waals surface area contributed by atoms with Gasteiger partial charge in [0.05, 0.1) is 0 Å². The predicted molar refractivity (Wildman–Crippen MR) is 98.4 cm³/mol. The summed E-state index contributed by atoms with van der Waals surface area (Å²) in [6.07, 6.45) is 6.27. The highest BCUT2D eigenvalue weighted by atomic mass is 16.5. The van der Waals surface area contributed by atoms with Crippen molar-refractivity contribution >= 4 is 24.8 Å². The van der Waals surface area contributed by atoms with Gasteiger partial charge < -0.3 is 19.7 Å². The Hall–Kier alpha value is -1.86. The summed E-state index contributed by atoms with van der Waals surface area (Å²) >= 11 is 0. The Kier molecular flexibility index (Phi) is 5.99. The van der Waals surface area contributed by atoms with Gasteiger partial charge in [0.2, 0.25) is 0 Å². The SMILES string of the molecule is CC1CCN(C(=O)COc2ccc(B(O)O)c(C=O)c2)C2CCCCC12. The lowest BCUT2D eigenvalue weighted by Gasteiger charge is -2.47. The maximum absolute atomic E-state index is 12.7. The minimum Gasteiger partial charge on any atom is -0.484 e. The van der Waals surface area contributed by atoms with E-state index in [1.807, 2.05) is 4.90 Å². The first-order chi connectivity index (χ1) is 12.5. The van der Waals surface area contributed by atoms with E-state index in [0.717, 1.165) is 19.4 Å². The Morgan fingerprint density at radius 2 is 2.08 bits per heavy atom. The van der Waals surface area contributed by atoms with Gasteiger partial charge in [-0.3, -0.25) is 9.59 Å². The minimum atomic E-state index is -1.72. The fourth-order valence-electron chi connectivity index (χ4n) is 4.43. The van der Waals surface area contributed by atoms with Gasteiger partial charge in [-0.05, 0) is 48.7 Å². The molecule has 2 fully saturated rings. The van der Waals surface area contributed by atoms with E-state index in [4.69, 9.17) is 4.74 Å². The Morgan fingerprint density at radius 3 is 2.81 bits per heavy atom. The molecular weight excluding hydrogens is 333 g/mol. The van der Waals surface area contributed by atoms with Gasteiger partial charge in [-0.2, -0.15) is 0 Å². The standard InChI is InChI=1S/C19H26BNO5/c1-13-8-9-21(18-5-3-2-4-16(13)18)19(23)12-26-15-6-7-17(20(24)25)14(10-15)11-22/h6-7,10-11,13,16,18,24-25H,2-5,8-9,12H2,1H3. The van der Waals surface area contributed by atoms with E-state index in [-0.39, 0.29) is 23.5 Å². The lowest BCUT2D eigenvalue weighted by Crippen LogP contribution is -2.53. The van der Waals surface area contributed by atoms with Crippen LogP contribution < -0.4 is 10.2 Å². The van der Waals surface area contributed by atoms with Crippen LogP contribution in [0.15, 0.2) is 18.2 Å². The van der Waals surface area contributed by atoms with Crippen LogP contribution in [0.5, 0.6) is 5.75 Å². The summed E-state index contributed by atoms with van der Waals surface area (Å²) in [5.74, 6) is 1.61. The third-order valence-corrected chi connectivity index (χ3v) is 5.88. The van der Waals surface area contributed by atoms with Gasteiger partial charge in [0, 0.05) is 18.2 Å². The molecule has 0 radical (unpaired) electrons. The molecule has 1 saturated carbocycles. The smallest absolute Gasteiger partial charge is 0.484 e. The van der Waals surface area contributed by atoms with Gasteiger partial charge in [-0.15, -0.1) is 0 Å². The zero-order valence-corrected chi connectivity index (χ0v) is 15.1. The maximum atomic E-state index is 12.7. The monoisotopic (exact) mass is 359 g/mol. The quantitative estimate of drug-likeness (QED) is 0.605. The van der Waals surface area contributed by atoms with Crippen LogP contribution in [0.4, 0.5) is 0 Å². The molecule has 1 aromatic carbocycles. The molecule has 1 aromatic rings. The number of carbonyl (C=O) groups excluding carboxylic acids is 2. The Bertz CT molecular complexity index is 665. The van der Waals surface area contributed by atoms with E-state index in [2.05, 4.69) is 6.92 Å². The summed E-state index contributed by atoms with van der Waals surface area (Å²) in [4.78, 5) is 25.8. The lowest BCUT2D eigenvalue weighted by atomic mass is 9.72. The van der Waals surface area contributed by atoms with Crippen molar-refractivity contribution in [3.63, 3.8) is 0 Å². The number of nitrogens with zero attached hydrogens (tertiary/aromatic N) is 1. The van der Waals surface area contributed by atoms with E-state index in [9.17, 15) is 19.6 Å². The molecule has 2 N–H and O–H groups in total. The number of benzene rings is 1. The summed E-state index contributed by atoms with van der Waals surface area (Å²) in [5, 5.41) is 18.5. The van der Waals surface area contributed by atoms with E-state index < -0.39 is 7.12 Å². The molecule has 7 heteroatoms. The van der Waals surface area contributed by atoms with Gasteiger partial charge in [0.25, 0.3) is 5.91 Å². The molecule has 140 valence electrons. The van der Waals surface area contributed by atoms with Crippen LogP contribution >= 0.6 is 0 Å². The number of likely N-dealkylation sites (tertiary alicyclic amines) is 1. The first kappa shape index (κ1) is 18.9. The summed E-state index contributed by atoms with van der Waals surface area (Å²) in [6.45, 7) is 3.00. The van der Waals surface area contributed by atoms with Crippen LogP contribution in [0.2, 0.25) is 0 Å².